The first-order chi connectivity index (χ1) is 6.93. The van der Waals surface area contributed by atoms with Gasteiger partial charge in [0.05, 0.1) is 17.8 Å². The fraction of sp³-hybridized carbons (Fsp3) is 0.667. The zero-order chi connectivity index (χ0) is 11.6. The van der Waals surface area contributed by atoms with Crippen LogP contribution in [0.25, 0.3) is 0 Å². The van der Waals surface area contributed by atoms with Gasteiger partial charge in [-0.2, -0.15) is 0 Å². The first-order valence-corrected chi connectivity index (χ1v) is 4.62. The maximum Gasteiger partial charge on any atom is 0.307 e. The fourth-order valence-corrected chi connectivity index (χ4v) is 1.96. The Morgan fingerprint density at radius 1 is 0.800 bits per heavy atom. The van der Waals surface area contributed by atoms with E-state index in [1.54, 1.807) is 0 Å². The van der Waals surface area contributed by atoms with Gasteiger partial charge in [-0.1, -0.05) is 0 Å². The van der Waals surface area contributed by atoms with Gasteiger partial charge in [0.25, 0.3) is 0 Å². The number of carbonyl (C=O) groups is 3. The van der Waals surface area contributed by atoms with E-state index in [9.17, 15) is 14.4 Å². The normalized spacial score (nSPS) is 30.8. The van der Waals surface area contributed by atoms with Crippen LogP contribution in [-0.2, 0) is 14.4 Å². The summed E-state index contributed by atoms with van der Waals surface area (Å²) >= 11 is 0. The van der Waals surface area contributed by atoms with Crippen molar-refractivity contribution in [1.82, 2.24) is 0 Å². The van der Waals surface area contributed by atoms with E-state index in [2.05, 4.69) is 0 Å². The molecule has 1 aliphatic carbocycles. The lowest BCUT2D eigenvalue weighted by molar-refractivity contribution is -0.159. The van der Waals surface area contributed by atoms with Gasteiger partial charge in [0.15, 0.2) is 0 Å². The van der Waals surface area contributed by atoms with E-state index in [4.69, 9.17) is 15.3 Å². The summed E-state index contributed by atoms with van der Waals surface area (Å²) in [4.78, 5) is 32.2. The van der Waals surface area contributed by atoms with Gasteiger partial charge in [0, 0.05) is 0 Å². The van der Waals surface area contributed by atoms with Crippen molar-refractivity contribution in [3.63, 3.8) is 0 Å². The molecule has 15 heavy (non-hydrogen) atoms. The maximum atomic E-state index is 10.8. The zero-order valence-electron chi connectivity index (χ0n) is 7.92. The third-order valence-corrected chi connectivity index (χ3v) is 2.83. The first kappa shape index (κ1) is 11.5. The van der Waals surface area contributed by atoms with Gasteiger partial charge in [-0.15, -0.1) is 0 Å². The quantitative estimate of drug-likeness (QED) is 0.624. The van der Waals surface area contributed by atoms with E-state index in [1.165, 1.54) is 0 Å². The van der Waals surface area contributed by atoms with Crippen LogP contribution in [0.2, 0.25) is 0 Å². The second kappa shape index (κ2) is 4.29. The molecule has 6 nitrogen and oxygen atoms in total. The lowest BCUT2D eigenvalue weighted by Crippen LogP contribution is -2.37. The predicted molar refractivity (Wildman–Crippen MR) is 47.2 cm³/mol. The van der Waals surface area contributed by atoms with Gasteiger partial charge >= 0.3 is 17.9 Å². The van der Waals surface area contributed by atoms with Crippen LogP contribution in [0.4, 0.5) is 0 Å². The monoisotopic (exact) mass is 216 g/mol. The summed E-state index contributed by atoms with van der Waals surface area (Å²) in [5.41, 5.74) is 0. The highest BCUT2D eigenvalue weighted by Gasteiger charge is 2.41. The Labute approximate surface area is 85.5 Å². The molecule has 1 aliphatic rings. The molecule has 0 radical (unpaired) electrons. The number of carboxylic acids is 3. The molecule has 3 atom stereocenters. The number of rotatable bonds is 3. The Morgan fingerprint density at radius 3 is 1.73 bits per heavy atom. The van der Waals surface area contributed by atoms with Crippen molar-refractivity contribution in [3.05, 3.63) is 0 Å². The molecule has 0 bridgehead atoms. The highest BCUT2D eigenvalue weighted by atomic mass is 16.4. The molecule has 0 unspecified atom stereocenters. The molecule has 0 saturated heterocycles. The number of hydrogen-bond acceptors (Lipinski definition) is 3. The van der Waals surface area contributed by atoms with E-state index in [0.717, 1.165) is 0 Å². The predicted octanol–water partition coefficient (Wildman–Crippen LogP) is 0.273. The number of hydrogen-bond donors (Lipinski definition) is 3. The molecule has 0 spiro atoms. The lowest BCUT2D eigenvalue weighted by atomic mass is 9.74. The van der Waals surface area contributed by atoms with Crippen molar-refractivity contribution < 1.29 is 29.7 Å². The molecule has 1 fully saturated rings. The van der Waals surface area contributed by atoms with Crippen LogP contribution >= 0.6 is 0 Å². The number of aliphatic carboxylic acids is 3. The van der Waals surface area contributed by atoms with Crippen molar-refractivity contribution in [2.45, 2.75) is 19.3 Å². The third kappa shape index (κ3) is 2.45. The van der Waals surface area contributed by atoms with Gasteiger partial charge in [-0.25, -0.2) is 0 Å². The molecule has 0 aromatic rings. The Balaban J connectivity index is 2.78. The second-order valence-corrected chi connectivity index (χ2v) is 3.74. The van der Waals surface area contributed by atoms with Crippen molar-refractivity contribution in [3.8, 4) is 0 Å². The smallest absolute Gasteiger partial charge is 0.307 e. The summed E-state index contributed by atoms with van der Waals surface area (Å²) < 4.78 is 0. The third-order valence-electron chi connectivity index (χ3n) is 2.83. The number of carboxylic acid groups (broad SMARTS) is 3. The van der Waals surface area contributed by atoms with Crippen LogP contribution in [0, 0.1) is 17.8 Å². The van der Waals surface area contributed by atoms with Crippen molar-refractivity contribution in [1.29, 1.82) is 0 Å². The van der Waals surface area contributed by atoms with Crippen LogP contribution in [0.1, 0.15) is 19.3 Å². The summed E-state index contributed by atoms with van der Waals surface area (Å²) in [5.74, 6) is -6.22. The van der Waals surface area contributed by atoms with Crippen LogP contribution in [0.15, 0.2) is 0 Å². The lowest BCUT2D eigenvalue weighted by Gasteiger charge is -2.29. The standard InChI is InChI=1S/C9H12O6/c10-7(11)4-1-2-5(8(12)13)6(3-4)9(14)15/h4-6H,1-3H2,(H,10,11)(H,12,13)(H,14,15)/t4-,5+,6-/m0/s1. The van der Waals surface area contributed by atoms with Crippen LogP contribution < -0.4 is 0 Å². The molecule has 0 amide bonds. The average Bonchev–Trinajstić information content (AvgIpc) is 2.16. The van der Waals surface area contributed by atoms with Crippen molar-refractivity contribution >= 4 is 17.9 Å². The minimum Gasteiger partial charge on any atom is -0.481 e. The molecular weight excluding hydrogens is 204 g/mol. The Morgan fingerprint density at radius 2 is 1.33 bits per heavy atom. The second-order valence-electron chi connectivity index (χ2n) is 3.74. The topological polar surface area (TPSA) is 112 Å². The molecule has 0 heterocycles. The highest BCUT2D eigenvalue weighted by molar-refractivity contribution is 5.81. The van der Waals surface area contributed by atoms with Crippen LogP contribution in [0.5, 0.6) is 0 Å². The summed E-state index contributed by atoms with van der Waals surface area (Å²) in [6.45, 7) is 0. The van der Waals surface area contributed by atoms with Crippen molar-refractivity contribution in [2.24, 2.45) is 17.8 Å². The molecule has 0 aromatic carbocycles. The molecule has 0 aliphatic heterocycles. The summed E-state index contributed by atoms with van der Waals surface area (Å²) in [7, 11) is 0. The zero-order valence-corrected chi connectivity index (χ0v) is 7.92. The molecule has 1 saturated carbocycles. The highest BCUT2D eigenvalue weighted by Crippen LogP contribution is 2.34. The molecule has 84 valence electrons. The van der Waals surface area contributed by atoms with Gasteiger partial charge in [0.2, 0.25) is 0 Å². The van der Waals surface area contributed by atoms with E-state index in [0.29, 0.717) is 0 Å². The van der Waals surface area contributed by atoms with Crippen molar-refractivity contribution in [2.75, 3.05) is 0 Å². The first-order valence-electron chi connectivity index (χ1n) is 4.62. The van der Waals surface area contributed by atoms with Gasteiger partial charge < -0.3 is 15.3 Å². The summed E-state index contributed by atoms with van der Waals surface area (Å²) in [6.07, 6.45) is 0.251. The van der Waals surface area contributed by atoms with E-state index >= 15 is 0 Å². The molecule has 1 rings (SSSR count). The van der Waals surface area contributed by atoms with Crippen LogP contribution in [0.3, 0.4) is 0 Å². The Hall–Kier alpha value is -1.59. The molecule has 0 aromatic heterocycles. The maximum absolute atomic E-state index is 10.8. The van der Waals surface area contributed by atoms with Gasteiger partial charge in [-0.3, -0.25) is 14.4 Å². The minimum atomic E-state index is -1.23. The Bertz CT molecular complexity index is 297. The average molecular weight is 216 g/mol. The summed E-state index contributed by atoms with van der Waals surface area (Å²) in [6, 6.07) is 0. The van der Waals surface area contributed by atoms with E-state index in [1.807, 2.05) is 0 Å². The SMILES string of the molecule is O=C(O)[C@H]1CC[C@@H](C(=O)O)[C@@H](C(=O)O)C1. The molecule has 6 heteroatoms. The molecular formula is C9H12O6. The Kier molecular flexibility index (Phi) is 3.28. The minimum absolute atomic E-state index is 0.0956. The van der Waals surface area contributed by atoms with E-state index < -0.39 is 35.7 Å². The fourth-order valence-electron chi connectivity index (χ4n) is 1.96. The van der Waals surface area contributed by atoms with E-state index in [-0.39, 0.29) is 19.3 Å². The molecule has 3 N–H and O–H groups in total. The van der Waals surface area contributed by atoms with Gasteiger partial charge in [-0.05, 0) is 19.3 Å². The summed E-state index contributed by atoms with van der Waals surface area (Å²) in [5, 5.41) is 26.3. The largest absolute Gasteiger partial charge is 0.481 e. The van der Waals surface area contributed by atoms with Gasteiger partial charge in [0.1, 0.15) is 0 Å². The van der Waals surface area contributed by atoms with Crippen LogP contribution in [-0.4, -0.2) is 33.2 Å².